The second-order valence-electron chi connectivity index (χ2n) is 4.92. The van der Waals surface area contributed by atoms with Crippen LogP contribution in [0.2, 0.25) is 0 Å². The molecule has 0 aromatic carbocycles. The van der Waals surface area contributed by atoms with Crippen LogP contribution in [-0.4, -0.2) is 30.3 Å². The molecule has 3 saturated heterocycles. The largest absolute Gasteiger partial charge is 0.303 e. The Morgan fingerprint density at radius 2 is 1.77 bits per heavy atom. The quantitative estimate of drug-likeness (QED) is 0.637. The number of nitrogens with zero attached hydrogens (tertiary/aromatic N) is 1. The van der Waals surface area contributed by atoms with E-state index < -0.39 is 0 Å². The van der Waals surface area contributed by atoms with Crippen molar-refractivity contribution >= 4 is 5.78 Å². The van der Waals surface area contributed by atoms with E-state index in [4.69, 9.17) is 0 Å². The summed E-state index contributed by atoms with van der Waals surface area (Å²) in [7, 11) is 0. The SMILES string of the molecule is O=C(C1CC1)C1CN2CCC1CC2. The van der Waals surface area contributed by atoms with Gasteiger partial charge in [-0.15, -0.1) is 0 Å². The molecule has 4 rings (SSSR count). The van der Waals surface area contributed by atoms with Gasteiger partial charge in [0.1, 0.15) is 5.78 Å². The minimum atomic E-state index is 0.426. The summed E-state index contributed by atoms with van der Waals surface area (Å²) in [5.41, 5.74) is 0. The molecule has 0 N–H and O–H groups in total. The van der Waals surface area contributed by atoms with E-state index in [2.05, 4.69) is 4.90 Å². The average molecular weight is 179 g/mol. The summed E-state index contributed by atoms with van der Waals surface area (Å²) in [6.07, 6.45) is 4.93. The standard InChI is InChI=1S/C11H17NO/c13-11(9-1-2-9)10-7-12-5-3-8(10)4-6-12/h8-10H,1-7H2. The topological polar surface area (TPSA) is 20.3 Å². The second kappa shape index (κ2) is 2.81. The van der Waals surface area contributed by atoms with Crippen molar-refractivity contribution in [1.29, 1.82) is 0 Å². The van der Waals surface area contributed by atoms with Gasteiger partial charge in [0.2, 0.25) is 0 Å². The monoisotopic (exact) mass is 179 g/mol. The predicted octanol–water partition coefficient (Wildman–Crippen LogP) is 1.31. The van der Waals surface area contributed by atoms with Gasteiger partial charge in [-0.1, -0.05) is 0 Å². The molecule has 2 nitrogen and oxygen atoms in total. The Balaban J connectivity index is 1.73. The Hall–Kier alpha value is -0.370. The zero-order chi connectivity index (χ0) is 8.84. The third-order valence-corrected chi connectivity index (χ3v) is 4.00. The molecule has 2 heteroatoms. The number of hydrogen-bond donors (Lipinski definition) is 0. The molecule has 0 aromatic heterocycles. The molecule has 0 spiro atoms. The fourth-order valence-corrected chi connectivity index (χ4v) is 2.96. The van der Waals surface area contributed by atoms with Crippen molar-refractivity contribution < 1.29 is 4.79 Å². The number of ketones is 1. The van der Waals surface area contributed by atoms with Crippen molar-refractivity contribution in [3.8, 4) is 0 Å². The summed E-state index contributed by atoms with van der Waals surface area (Å²) >= 11 is 0. The first-order chi connectivity index (χ1) is 6.34. The van der Waals surface area contributed by atoms with Crippen LogP contribution in [0, 0.1) is 17.8 Å². The summed E-state index contributed by atoms with van der Waals surface area (Å²) in [4.78, 5) is 14.4. The number of carbonyl (C=O) groups is 1. The average Bonchev–Trinajstić information content (AvgIpc) is 3.02. The van der Waals surface area contributed by atoms with Crippen LogP contribution < -0.4 is 0 Å². The van der Waals surface area contributed by atoms with E-state index in [1.807, 2.05) is 0 Å². The van der Waals surface area contributed by atoms with Crippen molar-refractivity contribution in [3.05, 3.63) is 0 Å². The maximum atomic E-state index is 11.9. The fourth-order valence-electron chi connectivity index (χ4n) is 2.96. The molecule has 1 atom stereocenters. The number of rotatable bonds is 2. The number of fused-ring (bicyclic) bond motifs is 3. The van der Waals surface area contributed by atoms with E-state index in [1.165, 1.54) is 38.8 Å². The molecular weight excluding hydrogens is 162 g/mol. The summed E-state index contributed by atoms with van der Waals surface area (Å²) in [5.74, 6) is 2.26. The molecule has 4 aliphatic rings. The first-order valence-electron chi connectivity index (χ1n) is 5.60. The van der Waals surface area contributed by atoms with Gasteiger partial charge in [0.25, 0.3) is 0 Å². The molecule has 1 aliphatic carbocycles. The van der Waals surface area contributed by atoms with Gasteiger partial charge >= 0.3 is 0 Å². The van der Waals surface area contributed by atoms with Gasteiger partial charge in [-0.3, -0.25) is 4.79 Å². The van der Waals surface area contributed by atoms with Crippen LogP contribution in [0.4, 0.5) is 0 Å². The van der Waals surface area contributed by atoms with Crippen LogP contribution in [0.5, 0.6) is 0 Å². The third kappa shape index (κ3) is 1.32. The van der Waals surface area contributed by atoms with E-state index in [0.717, 1.165) is 12.5 Å². The molecule has 0 aromatic rings. The third-order valence-electron chi connectivity index (χ3n) is 4.00. The van der Waals surface area contributed by atoms with Crippen LogP contribution in [0.15, 0.2) is 0 Å². The van der Waals surface area contributed by atoms with Crippen LogP contribution in [-0.2, 0) is 4.79 Å². The molecule has 0 radical (unpaired) electrons. The lowest BCUT2D eigenvalue weighted by molar-refractivity contribution is -0.130. The van der Waals surface area contributed by atoms with Crippen LogP contribution in [0.25, 0.3) is 0 Å². The van der Waals surface area contributed by atoms with Crippen molar-refractivity contribution in [1.82, 2.24) is 4.90 Å². The summed E-state index contributed by atoms with van der Waals surface area (Å²) in [6.45, 7) is 3.58. The highest BCUT2D eigenvalue weighted by molar-refractivity contribution is 5.86. The van der Waals surface area contributed by atoms with Gasteiger partial charge in [0.05, 0.1) is 0 Å². The maximum Gasteiger partial charge on any atom is 0.140 e. The van der Waals surface area contributed by atoms with E-state index in [9.17, 15) is 4.79 Å². The molecule has 1 saturated carbocycles. The molecule has 4 fully saturated rings. The molecule has 72 valence electrons. The number of Topliss-reactive ketones (excluding diaryl/α,β-unsaturated/α-hetero) is 1. The second-order valence-corrected chi connectivity index (χ2v) is 4.92. The zero-order valence-electron chi connectivity index (χ0n) is 8.04. The Morgan fingerprint density at radius 3 is 2.23 bits per heavy atom. The highest BCUT2D eigenvalue weighted by Gasteiger charge is 2.43. The smallest absolute Gasteiger partial charge is 0.140 e. The molecule has 1 unspecified atom stereocenters. The Morgan fingerprint density at radius 1 is 1.08 bits per heavy atom. The first kappa shape index (κ1) is 7.98. The van der Waals surface area contributed by atoms with Crippen molar-refractivity contribution in [2.45, 2.75) is 25.7 Å². The summed E-state index contributed by atoms with van der Waals surface area (Å²) in [6, 6.07) is 0. The van der Waals surface area contributed by atoms with Crippen molar-refractivity contribution in [2.24, 2.45) is 17.8 Å². The van der Waals surface area contributed by atoms with E-state index in [-0.39, 0.29) is 0 Å². The lowest BCUT2D eigenvalue weighted by atomic mass is 9.76. The maximum absolute atomic E-state index is 11.9. The highest BCUT2D eigenvalue weighted by atomic mass is 16.1. The van der Waals surface area contributed by atoms with Gasteiger partial charge in [-0.2, -0.15) is 0 Å². The fraction of sp³-hybridized carbons (Fsp3) is 0.909. The van der Waals surface area contributed by atoms with E-state index in [1.54, 1.807) is 0 Å². The lowest BCUT2D eigenvalue weighted by Crippen LogP contribution is -2.50. The summed E-state index contributed by atoms with van der Waals surface area (Å²) < 4.78 is 0. The number of piperidine rings is 3. The molecule has 3 aliphatic heterocycles. The Labute approximate surface area is 79.3 Å². The first-order valence-corrected chi connectivity index (χ1v) is 5.60. The lowest BCUT2D eigenvalue weighted by Gasteiger charge is -2.44. The van der Waals surface area contributed by atoms with Gasteiger partial charge in [-0.25, -0.2) is 0 Å². The van der Waals surface area contributed by atoms with Crippen molar-refractivity contribution in [2.75, 3.05) is 19.6 Å². The molecule has 3 heterocycles. The minimum absolute atomic E-state index is 0.426. The molecule has 0 amide bonds. The summed E-state index contributed by atoms with van der Waals surface area (Å²) in [5, 5.41) is 0. The normalized spacial score (nSPS) is 43.5. The molecule has 2 bridgehead atoms. The number of hydrogen-bond acceptors (Lipinski definition) is 2. The van der Waals surface area contributed by atoms with Crippen LogP contribution in [0.3, 0.4) is 0 Å². The predicted molar refractivity (Wildman–Crippen MR) is 50.4 cm³/mol. The highest BCUT2D eigenvalue weighted by Crippen LogP contribution is 2.40. The zero-order valence-corrected chi connectivity index (χ0v) is 8.04. The van der Waals surface area contributed by atoms with E-state index in [0.29, 0.717) is 17.6 Å². The molecule has 13 heavy (non-hydrogen) atoms. The van der Waals surface area contributed by atoms with Gasteiger partial charge in [0, 0.05) is 18.4 Å². The Bertz CT molecular complexity index is 226. The van der Waals surface area contributed by atoms with Gasteiger partial charge in [-0.05, 0) is 44.7 Å². The molecular formula is C11H17NO. The van der Waals surface area contributed by atoms with Gasteiger partial charge in [0.15, 0.2) is 0 Å². The number of carbonyl (C=O) groups excluding carboxylic acids is 1. The van der Waals surface area contributed by atoms with Crippen LogP contribution in [0.1, 0.15) is 25.7 Å². The van der Waals surface area contributed by atoms with Crippen LogP contribution >= 0.6 is 0 Å². The van der Waals surface area contributed by atoms with E-state index >= 15 is 0 Å². The van der Waals surface area contributed by atoms with Crippen molar-refractivity contribution in [3.63, 3.8) is 0 Å². The van der Waals surface area contributed by atoms with Gasteiger partial charge < -0.3 is 4.90 Å². The Kier molecular flexibility index (Phi) is 1.72. The minimum Gasteiger partial charge on any atom is -0.303 e.